The Morgan fingerprint density at radius 3 is 2.14 bits per heavy atom. The molecule has 0 amide bonds. The monoisotopic (exact) mass is 302 g/mol. The van der Waals surface area contributed by atoms with Crippen molar-refractivity contribution in [1.82, 2.24) is 0 Å². The zero-order chi connectivity index (χ0) is 15.8. The van der Waals surface area contributed by atoms with Crippen LogP contribution in [0.2, 0.25) is 0 Å². The van der Waals surface area contributed by atoms with Crippen molar-refractivity contribution in [3.8, 4) is 0 Å². The number of aryl methyl sites for hydroxylation is 2. The molecule has 0 heterocycles. The van der Waals surface area contributed by atoms with E-state index in [1.807, 2.05) is 39.8 Å². The molecule has 0 fully saturated rings. The number of hydrogen-bond acceptors (Lipinski definition) is 2. The first-order valence-corrected chi connectivity index (χ1v) is 8.58. The lowest BCUT2D eigenvalue weighted by Gasteiger charge is -2.11. The fourth-order valence-corrected chi connectivity index (χ4v) is 4.05. The maximum Gasteiger partial charge on any atom is 0.206 e. The second-order valence-electron chi connectivity index (χ2n) is 5.87. The van der Waals surface area contributed by atoms with E-state index in [1.165, 1.54) is 5.57 Å². The molecule has 2 rings (SSSR count). The van der Waals surface area contributed by atoms with E-state index in [0.717, 1.165) is 22.3 Å². The van der Waals surface area contributed by atoms with E-state index < -0.39 is 9.84 Å². The highest BCUT2D eigenvalue weighted by atomic mass is 32.2. The summed E-state index contributed by atoms with van der Waals surface area (Å²) in [5.74, 6) is 0. The molecule has 3 heteroatoms. The molecule has 112 valence electrons. The number of sulfone groups is 1. The van der Waals surface area contributed by atoms with Gasteiger partial charge in [-0.15, -0.1) is 0 Å². The van der Waals surface area contributed by atoms with Crippen molar-refractivity contribution >= 4 is 9.84 Å². The molecule has 0 saturated heterocycles. The highest BCUT2D eigenvalue weighted by molar-refractivity contribution is 7.95. The molecule has 0 spiro atoms. The van der Waals surface area contributed by atoms with E-state index in [1.54, 1.807) is 18.2 Å². The Hall–Kier alpha value is -1.61. The van der Waals surface area contributed by atoms with Crippen LogP contribution < -0.4 is 0 Å². The van der Waals surface area contributed by atoms with Gasteiger partial charge < -0.3 is 0 Å². The number of allylic oxidation sites excluding steroid dienone is 5. The van der Waals surface area contributed by atoms with Crippen LogP contribution in [0.15, 0.2) is 56.9 Å². The van der Waals surface area contributed by atoms with Crippen LogP contribution in [-0.4, -0.2) is 8.42 Å². The van der Waals surface area contributed by atoms with Crippen LogP contribution in [0.3, 0.4) is 0 Å². The van der Waals surface area contributed by atoms with Gasteiger partial charge in [-0.25, -0.2) is 8.42 Å². The molecule has 0 saturated carbocycles. The molecule has 1 aliphatic rings. The maximum atomic E-state index is 12.9. The molecule has 1 aliphatic carbocycles. The molecule has 0 atom stereocenters. The van der Waals surface area contributed by atoms with Gasteiger partial charge in [-0.1, -0.05) is 28.9 Å². The predicted octanol–water partition coefficient (Wildman–Crippen LogP) is 4.65. The Kier molecular flexibility index (Phi) is 4.24. The van der Waals surface area contributed by atoms with Gasteiger partial charge in [0.05, 0.1) is 9.80 Å². The van der Waals surface area contributed by atoms with E-state index >= 15 is 0 Å². The molecule has 2 nitrogen and oxygen atoms in total. The highest BCUT2D eigenvalue weighted by Gasteiger charge is 2.22. The maximum absolute atomic E-state index is 12.9. The Balaban J connectivity index is 2.56. The minimum absolute atomic E-state index is 0.377. The largest absolute Gasteiger partial charge is 0.219 e. The van der Waals surface area contributed by atoms with Crippen molar-refractivity contribution < 1.29 is 8.42 Å². The molecule has 0 unspecified atom stereocenters. The molecular weight excluding hydrogens is 280 g/mol. The van der Waals surface area contributed by atoms with Gasteiger partial charge in [0, 0.05) is 0 Å². The second-order valence-corrected chi connectivity index (χ2v) is 7.79. The van der Waals surface area contributed by atoms with Crippen LogP contribution in [0.25, 0.3) is 0 Å². The van der Waals surface area contributed by atoms with E-state index in [-0.39, 0.29) is 0 Å². The van der Waals surface area contributed by atoms with Gasteiger partial charge in [-0.3, -0.25) is 0 Å². The minimum Gasteiger partial charge on any atom is -0.219 e. The van der Waals surface area contributed by atoms with Gasteiger partial charge in [0.2, 0.25) is 9.84 Å². The van der Waals surface area contributed by atoms with Crippen LogP contribution in [0, 0.1) is 13.8 Å². The Morgan fingerprint density at radius 1 is 0.857 bits per heavy atom. The second kappa shape index (κ2) is 5.64. The number of rotatable bonds is 2. The summed E-state index contributed by atoms with van der Waals surface area (Å²) in [5.41, 5.74) is 5.36. The van der Waals surface area contributed by atoms with Crippen molar-refractivity contribution in [3.63, 3.8) is 0 Å². The van der Waals surface area contributed by atoms with Gasteiger partial charge in [0.25, 0.3) is 0 Å². The van der Waals surface area contributed by atoms with E-state index in [2.05, 4.69) is 6.92 Å². The fourth-order valence-electron chi connectivity index (χ4n) is 2.44. The summed E-state index contributed by atoms with van der Waals surface area (Å²) in [6.07, 6.45) is 4.35. The van der Waals surface area contributed by atoms with E-state index in [0.29, 0.717) is 16.2 Å². The molecule has 1 aromatic rings. The third-order valence-corrected chi connectivity index (χ3v) is 6.13. The van der Waals surface area contributed by atoms with Crippen LogP contribution in [0.5, 0.6) is 0 Å². The first-order chi connectivity index (χ1) is 9.73. The molecule has 0 aliphatic heterocycles. The number of benzene rings is 1. The zero-order valence-corrected chi connectivity index (χ0v) is 14.1. The van der Waals surface area contributed by atoms with Crippen LogP contribution in [0.1, 0.15) is 38.3 Å². The molecule has 0 bridgehead atoms. The summed E-state index contributed by atoms with van der Waals surface area (Å²) in [5, 5.41) is 0. The molecule has 21 heavy (non-hydrogen) atoms. The minimum atomic E-state index is -3.45. The van der Waals surface area contributed by atoms with E-state index in [9.17, 15) is 8.42 Å². The fraction of sp³-hybridized carbons (Fsp3) is 0.333. The van der Waals surface area contributed by atoms with Gasteiger partial charge in [0.1, 0.15) is 0 Å². The third-order valence-electron chi connectivity index (χ3n) is 4.19. The Morgan fingerprint density at radius 2 is 1.52 bits per heavy atom. The normalized spacial score (nSPS) is 16.4. The van der Waals surface area contributed by atoms with Crippen LogP contribution in [0.4, 0.5) is 0 Å². The Labute approximate surface area is 127 Å². The number of hydrogen-bond donors (Lipinski definition) is 0. The lowest BCUT2D eigenvalue weighted by Crippen LogP contribution is -2.06. The van der Waals surface area contributed by atoms with Crippen molar-refractivity contribution in [2.45, 2.75) is 45.9 Å². The summed E-state index contributed by atoms with van der Waals surface area (Å²) >= 11 is 0. The lowest BCUT2D eigenvalue weighted by molar-refractivity contribution is 0.602. The smallest absolute Gasteiger partial charge is 0.206 e. The zero-order valence-electron chi connectivity index (χ0n) is 13.3. The molecular formula is C18H22O2S. The van der Waals surface area contributed by atoms with Crippen LogP contribution >= 0.6 is 0 Å². The predicted molar refractivity (Wildman–Crippen MR) is 87.9 cm³/mol. The van der Waals surface area contributed by atoms with E-state index in [4.69, 9.17) is 0 Å². The first-order valence-electron chi connectivity index (χ1n) is 7.10. The van der Waals surface area contributed by atoms with Gasteiger partial charge in [0.15, 0.2) is 0 Å². The summed E-state index contributed by atoms with van der Waals surface area (Å²) in [6, 6.07) is 5.33. The van der Waals surface area contributed by atoms with Crippen LogP contribution in [-0.2, 0) is 9.84 Å². The SMILES string of the molecule is CC1=C(C)CC(C)=C(S(=O)(=O)c2ccc(C)c(C)c2)C=C1. The third kappa shape index (κ3) is 3.03. The summed E-state index contributed by atoms with van der Waals surface area (Å²) in [7, 11) is -3.45. The molecule has 0 aromatic heterocycles. The standard InChI is InChI=1S/C18H22O2S/c1-12-6-8-17(11-15(12)4)21(19,20)18-9-7-13(2)14(3)10-16(18)5/h6-9,11H,10H2,1-5H3. The molecule has 0 radical (unpaired) electrons. The Bertz CT molecular complexity index is 775. The average Bonchev–Trinajstić information content (AvgIpc) is 2.53. The summed E-state index contributed by atoms with van der Waals surface area (Å²) in [6.45, 7) is 9.90. The van der Waals surface area contributed by atoms with Crippen molar-refractivity contribution in [3.05, 3.63) is 63.1 Å². The average molecular weight is 302 g/mol. The van der Waals surface area contributed by atoms with Gasteiger partial charge in [-0.05, 0) is 70.4 Å². The van der Waals surface area contributed by atoms with Gasteiger partial charge >= 0.3 is 0 Å². The molecule has 0 N–H and O–H groups in total. The van der Waals surface area contributed by atoms with Crippen molar-refractivity contribution in [2.75, 3.05) is 0 Å². The van der Waals surface area contributed by atoms with Gasteiger partial charge in [-0.2, -0.15) is 0 Å². The quantitative estimate of drug-likeness (QED) is 0.797. The van der Waals surface area contributed by atoms with Crippen molar-refractivity contribution in [1.29, 1.82) is 0 Å². The topological polar surface area (TPSA) is 34.1 Å². The summed E-state index contributed by atoms with van der Waals surface area (Å²) < 4.78 is 25.8. The lowest BCUT2D eigenvalue weighted by atomic mass is 10.1. The van der Waals surface area contributed by atoms with Crippen molar-refractivity contribution in [2.24, 2.45) is 0 Å². The first kappa shape index (κ1) is 15.8. The summed E-state index contributed by atoms with van der Waals surface area (Å²) in [4.78, 5) is 0.809. The highest BCUT2D eigenvalue weighted by Crippen LogP contribution is 2.30. The molecule has 1 aromatic carbocycles.